The van der Waals surface area contributed by atoms with E-state index in [-0.39, 0.29) is 0 Å². The van der Waals surface area contributed by atoms with Crippen molar-refractivity contribution in [1.82, 2.24) is 0 Å². The fourth-order valence-corrected chi connectivity index (χ4v) is 2.26. The van der Waals surface area contributed by atoms with Crippen molar-refractivity contribution in [2.75, 3.05) is 0 Å². The predicted molar refractivity (Wildman–Crippen MR) is 77.0 cm³/mol. The van der Waals surface area contributed by atoms with E-state index in [0.29, 0.717) is 10.9 Å². The molecule has 0 bridgehead atoms. The Hall–Kier alpha value is -1.18. The number of hydrogen-bond donors (Lipinski definition) is 0. The number of aryl methyl sites for hydroxylation is 2. The summed E-state index contributed by atoms with van der Waals surface area (Å²) in [5.74, 6) is 2.15. The third-order valence-electron chi connectivity index (χ3n) is 2.82. The van der Waals surface area contributed by atoms with E-state index in [0.717, 1.165) is 28.2 Å². The molecule has 0 radical (unpaired) electrons. The van der Waals surface area contributed by atoms with Crippen LogP contribution in [0.2, 0.25) is 5.02 Å². The van der Waals surface area contributed by atoms with Crippen LogP contribution in [0.1, 0.15) is 16.7 Å². The standard InChI is InChI=1S/C15H14Cl2O/c1-10-8-14(5-3-12(10)9-16)18-15-6-4-13(17)7-11(15)2/h3-8H,9H2,1-2H3. The van der Waals surface area contributed by atoms with E-state index < -0.39 is 0 Å². The van der Waals surface area contributed by atoms with Crippen LogP contribution in [0.5, 0.6) is 11.5 Å². The Kier molecular flexibility index (Phi) is 4.15. The Morgan fingerprint density at radius 2 is 1.78 bits per heavy atom. The molecule has 0 heterocycles. The van der Waals surface area contributed by atoms with Crippen LogP contribution in [0.4, 0.5) is 0 Å². The van der Waals surface area contributed by atoms with E-state index in [9.17, 15) is 0 Å². The molecule has 2 aromatic carbocycles. The van der Waals surface area contributed by atoms with Crippen molar-refractivity contribution in [2.45, 2.75) is 19.7 Å². The fourth-order valence-electron chi connectivity index (χ4n) is 1.74. The van der Waals surface area contributed by atoms with Crippen LogP contribution in [0.3, 0.4) is 0 Å². The maximum absolute atomic E-state index is 5.91. The molecule has 18 heavy (non-hydrogen) atoms. The molecule has 0 saturated carbocycles. The molecule has 3 heteroatoms. The second-order valence-corrected chi connectivity index (χ2v) is 4.94. The van der Waals surface area contributed by atoms with Gasteiger partial charge in [-0.2, -0.15) is 0 Å². The zero-order valence-corrected chi connectivity index (χ0v) is 11.8. The summed E-state index contributed by atoms with van der Waals surface area (Å²) in [6.45, 7) is 4.00. The Balaban J connectivity index is 2.26. The average molecular weight is 281 g/mol. The Labute approximate surface area is 117 Å². The van der Waals surface area contributed by atoms with E-state index >= 15 is 0 Å². The van der Waals surface area contributed by atoms with Crippen molar-refractivity contribution < 1.29 is 4.74 Å². The highest BCUT2D eigenvalue weighted by Gasteiger charge is 2.04. The van der Waals surface area contributed by atoms with Crippen molar-refractivity contribution in [2.24, 2.45) is 0 Å². The van der Waals surface area contributed by atoms with Gasteiger partial charge in [0.15, 0.2) is 0 Å². The monoisotopic (exact) mass is 280 g/mol. The highest BCUT2D eigenvalue weighted by molar-refractivity contribution is 6.30. The number of alkyl halides is 1. The zero-order chi connectivity index (χ0) is 13.1. The van der Waals surface area contributed by atoms with Crippen LogP contribution in [-0.2, 0) is 5.88 Å². The van der Waals surface area contributed by atoms with E-state index in [1.807, 2.05) is 50.2 Å². The van der Waals surface area contributed by atoms with Gasteiger partial charge in [-0.15, -0.1) is 11.6 Å². The molecule has 0 amide bonds. The van der Waals surface area contributed by atoms with Gasteiger partial charge in [-0.1, -0.05) is 17.7 Å². The van der Waals surface area contributed by atoms with E-state index in [1.165, 1.54) is 0 Å². The minimum atomic E-state index is 0.520. The predicted octanol–water partition coefficient (Wildman–Crippen LogP) is 5.49. The summed E-state index contributed by atoms with van der Waals surface area (Å²) in [5.41, 5.74) is 3.27. The molecule has 94 valence electrons. The van der Waals surface area contributed by atoms with Gasteiger partial charge in [-0.3, -0.25) is 0 Å². The van der Waals surface area contributed by atoms with Gasteiger partial charge < -0.3 is 4.74 Å². The lowest BCUT2D eigenvalue weighted by Gasteiger charge is -2.10. The maximum Gasteiger partial charge on any atom is 0.130 e. The molecule has 2 aromatic rings. The SMILES string of the molecule is Cc1cc(Oc2ccc(Cl)cc2C)ccc1CCl. The summed E-state index contributed by atoms with van der Waals surface area (Å²) in [4.78, 5) is 0. The molecule has 0 aliphatic rings. The molecule has 0 aliphatic carbocycles. The number of ether oxygens (including phenoxy) is 1. The van der Waals surface area contributed by atoms with Gasteiger partial charge >= 0.3 is 0 Å². The zero-order valence-electron chi connectivity index (χ0n) is 10.3. The van der Waals surface area contributed by atoms with Crippen LogP contribution in [0, 0.1) is 13.8 Å². The van der Waals surface area contributed by atoms with Gasteiger partial charge in [-0.05, 0) is 60.9 Å². The topological polar surface area (TPSA) is 9.23 Å². The lowest BCUT2D eigenvalue weighted by molar-refractivity contribution is 0.478. The maximum atomic E-state index is 5.91. The first-order chi connectivity index (χ1) is 8.60. The van der Waals surface area contributed by atoms with Crippen molar-refractivity contribution in [1.29, 1.82) is 0 Å². The molecule has 2 rings (SSSR count). The highest BCUT2D eigenvalue weighted by Crippen LogP contribution is 2.28. The van der Waals surface area contributed by atoms with Crippen molar-refractivity contribution in [3.63, 3.8) is 0 Å². The normalized spacial score (nSPS) is 10.4. The first-order valence-corrected chi connectivity index (χ1v) is 6.61. The number of benzene rings is 2. The third kappa shape index (κ3) is 2.98. The van der Waals surface area contributed by atoms with Gasteiger partial charge in [0.1, 0.15) is 11.5 Å². The van der Waals surface area contributed by atoms with Crippen LogP contribution in [0.15, 0.2) is 36.4 Å². The summed E-state index contributed by atoms with van der Waals surface area (Å²) in [5, 5.41) is 0.716. The molecule has 0 atom stereocenters. The number of hydrogen-bond acceptors (Lipinski definition) is 1. The van der Waals surface area contributed by atoms with Crippen molar-refractivity contribution in [3.8, 4) is 11.5 Å². The first kappa shape index (κ1) is 13.3. The Bertz CT molecular complexity index is 564. The van der Waals surface area contributed by atoms with Crippen LogP contribution in [-0.4, -0.2) is 0 Å². The van der Waals surface area contributed by atoms with E-state index in [1.54, 1.807) is 0 Å². The molecular formula is C15H14Cl2O. The number of rotatable bonds is 3. The smallest absolute Gasteiger partial charge is 0.130 e. The second-order valence-electron chi connectivity index (χ2n) is 4.23. The molecule has 0 saturated heterocycles. The first-order valence-electron chi connectivity index (χ1n) is 5.69. The van der Waals surface area contributed by atoms with Crippen molar-refractivity contribution >= 4 is 23.2 Å². The molecule has 0 N–H and O–H groups in total. The minimum Gasteiger partial charge on any atom is -0.457 e. The minimum absolute atomic E-state index is 0.520. The van der Waals surface area contributed by atoms with Gasteiger partial charge in [-0.25, -0.2) is 0 Å². The van der Waals surface area contributed by atoms with Crippen LogP contribution < -0.4 is 4.74 Å². The van der Waals surface area contributed by atoms with Gasteiger partial charge in [0.25, 0.3) is 0 Å². The molecular weight excluding hydrogens is 267 g/mol. The second kappa shape index (κ2) is 5.64. The van der Waals surface area contributed by atoms with Crippen molar-refractivity contribution in [3.05, 3.63) is 58.1 Å². The molecule has 0 aliphatic heterocycles. The van der Waals surface area contributed by atoms with E-state index in [4.69, 9.17) is 27.9 Å². The Morgan fingerprint density at radius 1 is 1.00 bits per heavy atom. The highest BCUT2D eigenvalue weighted by atomic mass is 35.5. The lowest BCUT2D eigenvalue weighted by atomic mass is 10.1. The summed E-state index contributed by atoms with van der Waals surface area (Å²) >= 11 is 11.7. The Morgan fingerprint density at radius 3 is 2.39 bits per heavy atom. The van der Waals surface area contributed by atoms with Gasteiger partial charge in [0.2, 0.25) is 0 Å². The van der Waals surface area contributed by atoms with E-state index in [2.05, 4.69) is 0 Å². The summed E-state index contributed by atoms with van der Waals surface area (Å²) < 4.78 is 5.84. The largest absolute Gasteiger partial charge is 0.457 e. The molecule has 0 fully saturated rings. The quantitative estimate of drug-likeness (QED) is 0.676. The average Bonchev–Trinajstić information content (AvgIpc) is 2.33. The molecule has 1 nitrogen and oxygen atoms in total. The fraction of sp³-hybridized carbons (Fsp3) is 0.200. The summed E-state index contributed by atoms with van der Waals surface area (Å²) in [6, 6.07) is 11.5. The van der Waals surface area contributed by atoms with Gasteiger partial charge in [0.05, 0.1) is 0 Å². The molecule has 0 spiro atoms. The lowest BCUT2D eigenvalue weighted by Crippen LogP contribution is -1.90. The van der Waals surface area contributed by atoms with Crippen LogP contribution in [0.25, 0.3) is 0 Å². The van der Waals surface area contributed by atoms with Gasteiger partial charge in [0, 0.05) is 10.9 Å². The van der Waals surface area contributed by atoms with Crippen LogP contribution >= 0.6 is 23.2 Å². The number of halogens is 2. The summed E-state index contributed by atoms with van der Waals surface area (Å²) in [6.07, 6.45) is 0. The molecule has 0 unspecified atom stereocenters. The summed E-state index contributed by atoms with van der Waals surface area (Å²) in [7, 11) is 0. The molecule has 0 aromatic heterocycles. The third-order valence-corrected chi connectivity index (χ3v) is 3.35.